The van der Waals surface area contributed by atoms with Crippen molar-refractivity contribution in [1.82, 2.24) is 0 Å². The minimum Gasteiger partial charge on any atom is -0.493 e. The third kappa shape index (κ3) is 3.62. The van der Waals surface area contributed by atoms with Crippen molar-refractivity contribution in [2.24, 2.45) is 5.73 Å². The minimum absolute atomic E-state index is 0.669. The summed E-state index contributed by atoms with van der Waals surface area (Å²) in [4.78, 5) is 2.34. The molecule has 0 spiro atoms. The molecule has 1 heterocycles. The van der Waals surface area contributed by atoms with Crippen LogP contribution in [0.3, 0.4) is 0 Å². The maximum Gasteiger partial charge on any atom is 0.121 e. The lowest BCUT2D eigenvalue weighted by Crippen LogP contribution is -2.36. The fraction of sp³-hybridized carbons (Fsp3) is 0.571. The van der Waals surface area contributed by atoms with Gasteiger partial charge in [-0.05, 0) is 37.6 Å². The number of morpholine rings is 1. The van der Waals surface area contributed by atoms with Gasteiger partial charge in [0.05, 0.1) is 19.8 Å². The normalized spacial score (nSPS) is 15.8. The molecule has 0 amide bonds. The molecule has 1 aromatic carbocycles. The molecule has 4 heteroatoms. The summed E-state index contributed by atoms with van der Waals surface area (Å²) in [5.41, 5.74) is 7.91. The second-order valence-corrected chi connectivity index (χ2v) is 4.59. The van der Waals surface area contributed by atoms with E-state index in [9.17, 15) is 0 Å². The van der Waals surface area contributed by atoms with Crippen LogP contribution in [0.2, 0.25) is 0 Å². The highest BCUT2D eigenvalue weighted by Gasteiger charge is 2.12. The highest BCUT2D eigenvalue weighted by Crippen LogP contribution is 2.24. The SMILES string of the molecule is Cc1cc(OCCCN)cc(N2CCOCC2)c1. The van der Waals surface area contributed by atoms with Gasteiger partial charge in [-0.25, -0.2) is 0 Å². The first-order valence-electron chi connectivity index (χ1n) is 6.57. The van der Waals surface area contributed by atoms with Crippen LogP contribution in [0.1, 0.15) is 12.0 Å². The Labute approximate surface area is 109 Å². The molecular formula is C14H22N2O2. The topological polar surface area (TPSA) is 47.7 Å². The van der Waals surface area contributed by atoms with Gasteiger partial charge in [0.1, 0.15) is 5.75 Å². The first-order valence-corrected chi connectivity index (χ1v) is 6.57. The summed E-state index contributed by atoms with van der Waals surface area (Å²) in [5.74, 6) is 0.935. The van der Waals surface area contributed by atoms with Gasteiger partial charge in [0.25, 0.3) is 0 Å². The van der Waals surface area contributed by atoms with Crippen LogP contribution in [0, 0.1) is 6.92 Å². The molecule has 18 heavy (non-hydrogen) atoms. The lowest BCUT2D eigenvalue weighted by molar-refractivity contribution is 0.122. The molecule has 0 bridgehead atoms. The van der Waals surface area contributed by atoms with E-state index in [1.54, 1.807) is 0 Å². The van der Waals surface area contributed by atoms with Crippen molar-refractivity contribution in [3.8, 4) is 5.75 Å². The summed E-state index contributed by atoms with van der Waals surface area (Å²) >= 11 is 0. The first-order chi connectivity index (χ1) is 8.79. The molecule has 0 radical (unpaired) electrons. The van der Waals surface area contributed by atoms with E-state index in [-0.39, 0.29) is 0 Å². The van der Waals surface area contributed by atoms with Crippen molar-refractivity contribution in [3.63, 3.8) is 0 Å². The maximum atomic E-state index is 5.72. The monoisotopic (exact) mass is 250 g/mol. The predicted molar refractivity (Wildman–Crippen MR) is 73.4 cm³/mol. The zero-order valence-electron chi connectivity index (χ0n) is 11.0. The summed E-state index contributed by atoms with van der Waals surface area (Å²) in [5, 5.41) is 0. The number of hydrogen-bond acceptors (Lipinski definition) is 4. The van der Waals surface area contributed by atoms with Gasteiger partial charge in [0.2, 0.25) is 0 Å². The van der Waals surface area contributed by atoms with E-state index in [1.807, 2.05) is 0 Å². The smallest absolute Gasteiger partial charge is 0.121 e. The molecule has 0 unspecified atom stereocenters. The Balaban J connectivity index is 2.05. The Hall–Kier alpha value is -1.26. The predicted octanol–water partition coefficient (Wildman–Crippen LogP) is 1.56. The van der Waals surface area contributed by atoms with Crippen LogP contribution in [0.15, 0.2) is 18.2 Å². The molecule has 1 aliphatic heterocycles. The van der Waals surface area contributed by atoms with Crippen molar-refractivity contribution < 1.29 is 9.47 Å². The van der Waals surface area contributed by atoms with E-state index in [4.69, 9.17) is 15.2 Å². The number of nitrogens with zero attached hydrogens (tertiary/aromatic N) is 1. The third-order valence-corrected chi connectivity index (χ3v) is 3.03. The zero-order chi connectivity index (χ0) is 12.8. The fourth-order valence-electron chi connectivity index (χ4n) is 2.09. The molecule has 0 saturated carbocycles. The molecule has 2 rings (SSSR count). The maximum absolute atomic E-state index is 5.72. The van der Waals surface area contributed by atoms with Gasteiger partial charge >= 0.3 is 0 Å². The summed E-state index contributed by atoms with van der Waals surface area (Å²) < 4.78 is 11.1. The quantitative estimate of drug-likeness (QED) is 0.806. The van der Waals surface area contributed by atoms with Gasteiger partial charge in [0.15, 0.2) is 0 Å². The van der Waals surface area contributed by atoms with Gasteiger partial charge in [-0.2, -0.15) is 0 Å². The van der Waals surface area contributed by atoms with Crippen molar-refractivity contribution in [2.45, 2.75) is 13.3 Å². The Kier molecular flexibility index (Phi) is 4.84. The third-order valence-electron chi connectivity index (χ3n) is 3.03. The fourth-order valence-corrected chi connectivity index (χ4v) is 2.09. The minimum atomic E-state index is 0.669. The Morgan fingerprint density at radius 2 is 2.06 bits per heavy atom. The molecule has 1 saturated heterocycles. The number of ether oxygens (including phenoxy) is 2. The van der Waals surface area contributed by atoms with Crippen LogP contribution < -0.4 is 15.4 Å². The average Bonchev–Trinajstić information content (AvgIpc) is 2.39. The van der Waals surface area contributed by atoms with Crippen molar-refractivity contribution in [3.05, 3.63) is 23.8 Å². The van der Waals surface area contributed by atoms with E-state index < -0.39 is 0 Å². The van der Waals surface area contributed by atoms with Crippen LogP contribution in [0.4, 0.5) is 5.69 Å². The van der Waals surface area contributed by atoms with Crippen molar-refractivity contribution in [1.29, 1.82) is 0 Å². The van der Waals surface area contributed by atoms with E-state index >= 15 is 0 Å². The number of benzene rings is 1. The second-order valence-electron chi connectivity index (χ2n) is 4.59. The van der Waals surface area contributed by atoms with E-state index in [0.717, 1.165) is 38.5 Å². The van der Waals surface area contributed by atoms with Gasteiger partial charge in [0, 0.05) is 24.8 Å². The van der Waals surface area contributed by atoms with E-state index in [0.29, 0.717) is 13.2 Å². The number of nitrogens with two attached hydrogens (primary N) is 1. The lowest BCUT2D eigenvalue weighted by atomic mass is 10.2. The Morgan fingerprint density at radius 1 is 1.28 bits per heavy atom. The molecular weight excluding hydrogens is 228 g/mol. The van der Waals surface area contributed by atoms with Crippen LogP contribution in [-0.2, 0) is 4.74 Å². The van der Waals surface area contributed by atoms with Crippen molar-refractivity contribution >= 4 is 5.69 Å². The highest BCUT2D eigenvalue weighted by molar-refractivity contribution is 5.53. The van der Waals surface area contributed by atoms with Crippen molar-refractivity contribution in [2.75, 3.05) is 44.4 Å². The number of aryl methyl sites for hydroxylation is 1. The number of rotatable bonds is 5. The summed E-state index contributed by atoms with van der Waals surface area (Å²) in [6.07, 6.45) is 0.890. The lowest BCUT2D eigenvalue weighted by Gasteiger charge is -2.29. The molecule has 2 N–H and O–H groups in total. The van der Waals surface area contributed by atoms with E-state index in [1.165, 1.54) is 11.3 Å². The van der Waals surface area contributed by atoms with Gasteiger partial charge in [-0.3, -0.25) is 0 Å². The molecule has 0 atom stereocenters. The molecule has 1 aromatic rings. The molecule has 4 nitrogen and oxygen atoms in total. The summed E-state index contributed by atoms with van der Waals surface area (Å²) in [6, 6.07) is 6.37. The highest BCUT2D eigenvalue weighted by atomic mass is 16.5. The van der Waals surface area contributed by atoms with Crippen LogP contribution in [-0.4, -0.2) is 39.5 Å². The van der Waals surface area contributed by atoms with Gasteiger partial charge in [-0.15, -0.1) is 0 Å². The van der Waals surface area contributed by atoms with Crippen LogP contribution in [0.5, 0.6) is 5.75 Å². The number of anilines is 1. The molecule has 1 aliphatic rings. The largest absolute Gasteiger partial charge is 0.493 e. The van der Waals surface area contributed by atoms with Crippen LogP contribution in [0.25, 0.3) is 0 Å². The van der Waals surface area contributed by atoms with Gasteiger partial charge in [-0.1, -0.05) is 0 Å². The second kappa shape index (κ2) is 6.61. The molecule has 0 aromatic heterocycles. The van der Waals surface area contributed by atoms with Gasteiger partial charge < -0.3 is 20.1 Å². The number of hydrogen-bond donors (Lipinski definition) is 1. The molecule has 0 aliphatic carbocycles. The summed E-state index contributed by atoms with van der Waals surface area (Å²) in [6.45, 7) is 6.95. The first kappa shape index (κ1) is 13.2. The molecule has 1 fully saturated rings. The standard InChI is InChI=1S/C14H22N2O2/c1-12-9-13(16-4-7-17-8-5-16)11-14(10-12)18-6-2-3-15/h9-11H,2-8,15H2,1H3. The average molecular weight is 250 g/mol. The van der Waals surface area contributed by atoms with E-state index in [2.05, 4.69) is 30.0 Å². The Bertz CT molecular complexity index is 376. The molecule has 100 valence electrons. The summed E-state index contributed by atoms with van der Waals surface area (Å²) in [7, 11) is 0. The zero-order valence-corrected chi connectivity index (χ0v) is 11.0. The van der Waals surface area contributed by atoms with Crippen LogP contribution >= 0.6 is 0 Å². The Morgan fingerprint density at radius 3 is 2.78 bits per heavy atom.